The van der Waals surface area contributed by atoms with Crippen molar-refractivity contribution in [2.75, 3.05) is 19.7 Å². The van der Waals surface area contributed by atoms with Crippen molar-refractivity contribution < 1.29 is 9.16 Å². The Bertz CT molecular complexity index is 1190. The normalized spacial score (nSPS) is 13.2. The Morgan fingerprint density at radius 1 is 1.06 bits per heavy atom. The molecule has 5 nitrogen and oxygen atoms in total. The number of unbranched alkanes of at least 4 members (excludes halogenated alkanes) is 1. The van der Waals surface area contributed by atoms with Gasteiger partial charge in [0, 0.05) is 22.5 Å². The zero-order valence-corrected chi connectivity index (χ0v) is 25.1. The van der Waals surface area contributed by atoms with Gasteiger partial charge in [-0.05, 0) is 72.9 Å². The fraction of sp³-hybridized carbons (Fsp3) is 0.483. The molecule has 0 spiro atoms. The van der Waals surface area contributed by atoms with E-state index in [0.29, 0.717) is 18.9 Å². The van der Waals surface area contributed by atoms with Crippen LogP contribution in [0.3, 0.4) is 0 Å². The Balaban J connectivity index is 1.89. The van der Waals surface area contributed by atoms with Gasteiger partial charge in [-0.3, -0.25) is 4.79 Å². The predicted molar refractivity (Wildman–Crippen MR) is 157 cm³/mol. The van der Waals surface area contributed by atoms with Crippen LogP contribution in [-0.4, -0.2) is 33.0 Å². The Morgan fingerprint density at radius 2 is 1.78 bits per heavy atom. The maximum atomic E-state index is 12.2. The van der Waals surface area contributed by atoms with Crippen LogP contribution in [-0.2, 0) is 10.8 Å². The first-order valence-corrected chi connectivity index (χ1v) is 16.6. The lowest BCUT2D eigenvalue weighted by Gasteiger charge is -2.39. The molecule has 2 N–H and O–H groups in total. The van der Waals surface area contributed by atoms with Crippen molar-refractivity contribution in [1.82, 2.24) is 10.3 Å². The van der Waals surface area contributed by atoms with E-state index in [1.165, 1.54) is 5.56 Å². The van der Waals surface area contributed by atoms with Gasteiger partial charge in [0.25, 0.3) is 0 Å². The minimum absolute atomic E-state index is 0.0794. The molecule has 36 heavy (non-hydrogen) atoms. The molecule has 0 radical (unpaired) electrons. The average molecular weight is 574 g/mol. The first kappa shape index (κ1) is 28.6. The van der Waals surface area contributed by atoms with Gasteiger partial charge >= 0.3 is 0 Å². The van der Waals surface area contributed by atoms with Crippen molar-refractivity contribution in [2.45, 2.75) is 71.2 Å². The largest absolute Gasteiger partial charge is 0.491 e. The standard InChI is InChI=1S/C29H41BrN2O3Si/c1-7-8-19-34-25-15-13-23(24-14-16-27(33)32-28(24)25)26(35-36(5,6)29(2,3)4)20-31-18-17-21-9-11-22(30)12-10-21/h9-16,26,31H,7-8,17-20H2,1-6H3,(H,32,33)/t26-/m0/s1. The fourth-order valence-electron chi connectivity index (χ4n) is 3.84. The first-order valence-electron chi connectivity index (χ1n) is 12.9. The van der Waals surface area contributed by atoms with Crippen molar-refractivity contribution in [3.63, 3.8) is 0 Å². The molecule has 3 rings (SSSR count). The second-order valence-electron chi connectivity index (χ2n) is 10.9. The van der Waals surface area contributed by atoms with E-state index < -0.39 is 8.32 Å². The molecular weight excluding hydrogens is 532 g/mol. The second kappa shape index (κ2) is 12.5. The van der Waals surface area contributed by atoms with Gasteiger partial charge < -0.3 is 19.5 Å². The summed E-state index contributed by atoms with van der Waals surface area (Å²) in [7, 11) is -2.07. The van der Waals surface area contributed by atoms with Gasteiger partial charge in [0.2, 0.25) is 5.56 Å². The fourth-order valence-corrected chi connectivity index (χ4v) is 5.38. The number of halogens is 1. The van der Waals surface area contributed by atoms with Crippen molar-refractivity contribution in [2.24, 2.45) is 0 Å². The maximum absolute atomic E-state index is 12.2. The van der Waals surface area contributed by atoms with Crippen LogP contribution in [0.1, 0.15) is 57.8 Å². The van der Waals surface area contributed by atoms with Crippen LogP contribution in [0.4, 0.5) is 0 Å². The van der Waals surface area contributed by atoms with Crippen molar-refractivity contribution in [3.05, 3.63) is 74.5 Å². The molecule has 2 aromatic carbocycles. The maximum Gasteiger partial charge on any atom is 0.248 e. The minimum atomic E-state index is -2.07. The second-order valence-corrected chi connectivity index (χ2v) is 16.6. The Hall–Kier alpha value is -1.93. The summed E-state index contributed by atoms with van der Waals surface area (Å²) in [5, 5.41) is 4.69. The van der Waals surface area contributed by atoms with E-state index in [4.69, 9.17) is 9.16 Å². The summed E-state index contributed by atoms with van der Waals surface area (Å²) in [6.45, 7) is 15.7. The molecule has 1 aromatic heterocycles. The van der Waals surface area contributed by atoms with Crippen LogP contribution in [0.15, 0.2) is 57.8 Å². The van der Waals surface area contributed by atoms with Crippen molar-refractivity contribution in [1.29, 1.82) is 0 Å². The number of nitrogens with one attached hydrogen (secondary N) is 2. The van der Waals surface area contributed by atoms with Crippen LogP contribution in [0.5, 0.6) is 5.75 Å². The van der Waals surface area contributed by atoms with E-state index in [-0.39, 0.29) is 16.7 Å². The van der Waals surface area contributed by atoms with Gasteiger partial charge in [0.05, 0.1) is 18.2 Å². The number of rotatable bonds is 12. The highest BCUT2D eigenvalue weighted by molar-refractivity contribution is 9.10. The summed E-state index contributed by atoms with van der Waals surface area (Å²) in [4.78, 5) is 15.2. The average Bonchev–Trinajstić information content (AvgIpc) is 2.81. The van der Waals surface area contributed by atoms with E-state index >= 15 is 0 Å². The molecular formula is C29H41BrN2O3Si. The number of hydrogen-bond acceptors (Lipinski definition) is 4. The molecule has 0 bridgehead atoms. The van der Waals surface area contributed by atoms with Crippen LogP contribution in [0.25, 0.3) is 10.9 Å². The molecule has 0 amide bonds. The number of aromatic nitrogens is 1. The lowest BCUT2D eigenvalue weighted by molar-refractivity contribution is 0.182. The van der Waals surface area contributed by atoms with E-state index in [2.05, 4.69) is 97.4 Å². The number of hydrogen-bond donors (Lipinski definition) is 2. The quantitative estimate of drug-likeness (QED) is 0.176. The van der Waals surface area contributed by atoms with Crippen LogP contribution in [0, 0.1) is 0 Å². The summed E-state index contributed by atoms with van der Waals surface area (Å²) in [5.74, 6) is 0.717. The number of ether oxygens (including phenoxy) is 1. The predicted octanol–water partition coefficient (Wildman–Crippen LogP) is 7.36. The molecule has 0 saturated heterocycles. The van der Waals surface area contributed by atoms with E-state index in [9.17, 15) is 4.79 Å². The smallest absolute Gasteiger partial charge is 0.248 e. The molecule has 0 unspecified atom stereocenters. The third kappa shape index (κ3) is 7.54. The summed E-state index contributed by atoms with van der Waals surface area (Å²) in [6.07, 6.45) is 2.83. The SMILES string of the molecule is CCCCOc1ccc([C@H](CNCCc2ccc(Br)cc2)O[Si](C)(C)C(C)(C)C)c2ccc(=O)[nH]c12. The van der Waals surface area contributed by atoms with E-state index in [0.717, 1.165) is 46.7 Å². The lowest BCUT2D eigenvalue weighted by Crippen LogP contribution is -2.43. The lowest BCUT2D eigenvalue weighted by atomic mass is 10.0. The van der Waals surface area contributed by atoms with Crippen LogP contribution < -0.4 is 15.6 Å². The molecule has 1 heterocycles. The van der Waals surface area contributed by atoms with Crippen molar-refractivity contribution >= 4 is 35.2 Å². The zero-order chi connectivity index (χ0) is 26.3. The van der Waals surface area contributed by atoms with Gasteiger partial charge in [-0.1, -0.05) is 68.2 Å². The minimum Gasteiger partial charge on any atom is -0.491 e. The van der Waals surface area contributed by atoms with Gasteiger partial charge in [-0.15, -0.1) is 0 Å². The van der Waals surface area contributed by atoms with Crippen LogP contribution >= 0.6 is 15.9 Å². The third-order valence-electron chi connectivity index (χ3n) is 7.07. The molecule has 3 aromatic rings. The summed E-state index contributed by atoms with van der Waals surface area (Å²) in [5.41, 5.74) is 2.98. The first-order chi connectivity index (χ1) is 17.0. The molecule has 0 aliphatic carbocycles. The Labute approximate surface area is 225 Å². The highest BCUT2D eigenvalue weighted by Crippen LogP contribution is 2.41. The number of pyridine rings is 1. The molecule has 0 saturated carbocycles. The monoisotopic (exact) mass is 572 g/mol. The Kier molecular flexibility index (Phi) is 9.98. The molecule has 1 atom stereocenters. The zero-order valence-electron chi connectivity index (χ0n) is 22.5. The van der Waals surface area contributed by atoms with Gasteiger partial charge in [0.15, 0.2) is 8.32 Å². The highest BCUT2D eigenvalue weighted by Gasteiger charge is 2.39. The van der Waals surface area contributed by atoms with Gasteiger partial charge in [0.1, 0.15) is 5.75 Å². The number of H-pyrrole nitrogens is 1. The van der Waals surface area contributed by atoms with Crippen molar-refractivity contribution in [3.8, 4) is 5.75 Å². The van der Waals surface area contributed by atoms with Gasteiger partial charge in [-0.2, -0.15) is 0 Å². The van der Waals surface area contributed by atoms with Gasteiger partial charge in [-0.25, -0.2) is 0 Å². The summed E-state index contributed by atoms with van der Waals surface area (Å²) < 4.78 is 14.1. The number of fused-ring (bicyclic) bond motifs is 1. The molecule has 0 fully saturated rings. The molecule has 0 aliphatic heterocycles. The van der Waals surface area contributed by atoms with E-state index in [1.54, 1.807) is 6.07 Å². The molecule has 7 heteroatoms. The summed E-state index contributed by atoms with van der Waals surface area (Å²) >= 11 is 3.50. The van der Waals surface area contributed by atoms with E-state index in [1.807, 2.05) is 12.1 Å². The molecule has 196 valence electrons. The number of aromatic amines is 1. The third-order valence-corrected chi connectivity index (χ3v) is 12.1. The topological polar surface area (TPSA) is 63.4 Å². The van der Waals surface area contributed by atoms with Crippen LogP contribution in [0.2, 0.25) is 18.1 Å². The summed E-state index contributed by atoms with van der Waals surface area (Å²) in [6, 6.07) is 16.0. The highest BCUT2D eigenvalue weighted by atomic mass is 79.9. The Morgan fingerprint density at radius 3 is 2.44 bits per heavy atom. The molecule has 0 aliphatic rings. The number of benzene rings is 2.